The lowest BCUT2D eigenvalue weighted by Crippen LogP contribution is -2.67. The fourth-order valence-corrected chi connectivity index (χ4v) is 6.49. The minimum Gasteiger partial charge on any atom is -0.376 e. The Morgan fingerprint density at radius 3 is 2.31 bits per heavy atom. The van der Waals surface area contributed by atoms with Crippen LogP contribution in [0.2, 0.25) is 0 Å². The van der Waals surface area contributed by atoms with Crippen LogP contribution in [0.5, 0.6) is 0 Å². The van der Waals surface area contributed by atoms with Crippen molar-refractivity contribution in [3.63, 3.8) is 0 Å². The summed E-state index contributed by atoms with van der Waals surface area (Å²) in [4.78, 5) is 65.3. The van der Waals surface area contributed by atoms with E-state index in [1.165, 1.54) is 32.8 Å². The van der Waals surface area contributed by atoms with Crippen LogP contribution in [-0.2, 0) is 28.7 Å². The molecule has 2 heterocycles. The number of aldehydes is 1. The number of carbonyl (C=O) groups is 5. The molecule has 1 saturated carbocycles. The summed E-state index contributed by atoms with van der Waals surface area (Å²) in [6.45, 7) is 10.4. The van der Waals surface area contributed by atoms with E-state index in [0.29, 0.717) is 19.3 Å². The van der Waals surface area contributed by atoms with Crippen molar-refractivity contribution >= 4 is 29.9 Å². The Kier molecular flexibility index (Phi) is 7.94. The van der Waals surface area contributed by atoms with E-state index < -0.39 is 52.5 Å². The molecule has 3 N–H and O–H groups in total. The molecule has 220 valence electrons. The SMILES string of the molecule is COC(C)(C)[C@H](NC(=O)C(F)(F)F)C(=O)N1CC2C(C2(C)C)C1(C)C(=O)N[C@H](C=O)CC1(C)CCCNC1=O. The number of carbonyl (C=O) groups excluding carboxylic acids is 5. The first kappa shape index (κ1) is 30.8. The van der Waals surface area contributed by atoms with Crippen LogP contribution in [0.1, 0.15) is 60.8 Å². The molecule has 1 aliphatic carbocycles. The summed E-state index contributed by atoms with van der Waals surface area (Å²) >= 11 is 0. The number of rotatable bonds is 9. The molecule has 39 heavy (non-hydrogen) atoms. The van der Waals surface area contributed by atoms with Gasteiger partial charge in [-0.1, -0.05) is 20.8 Å². The van der Waals surface area contributed by atoms with Gasteiger partial charge >= 0.3 is 12.1 Å². The Morgan fingerprint density at radius 1 is 1.18 bits per heavy atom. The number of halogens is 3. The molecule has 0 aromatic heterocycles. The second kappa shape index (κ2) is 10.0. The fraction of sp³-hybridized carbons (Fsp3) is 0.808. The standard InChI is InChI=1S/C26H39F3N4O6/c1-22(2)15-12-33(18(35)17(23(3,4)39-7)32-21(38)26(27,28)29)25(6,16(15)22)20(37)31-14(13-34)11-24(5)9-8-10-30-19(24)36/h13-17H,8-12H2,1-7H3,(H,30,36)(H,31,37)(H,32,38)/t14-,15?,16?,17+,24?,25?/m0/s1. The van der Waals surface area contributed by atoms with E-state index >= 15 is 0 Å². The number of hydrogen-bond acceptors (Lipinski definition) is 6. The molecule has 6 atom stereocenters. The number of likely N-dealkylation sites (tertiary alicyclic amines) is 1. The van der Waals surface area contributed by atoms with Gasteiger partial charge in [-0.25, -0.2) is 0 Å². The molecule has 0 aromatic rings. The zero-order valence-electron chi connectivity index (χ0n) is 23.5. The smallest absolute Gasteiger partial charge is 0.376 e. The van der Waals surface area contributed by atoms with Crippen LogP contribution in [0.15, 0.2) is 0 Å². The van der Waals surface area contributed by atoms with Crippen molar-refractivity contribution in [2.45, 2.75) is 90.2 Å². The predicted molar refractivity (Wildman–Crippen MR) is 133 cm³/mol. The van der Waals surface area contributed by atoms with E-state index in [0.717, 1.165) is 6.42 Å². The third-order valence-electron chi connectivity index (χ3n) is 9.21. The number of alkyl halides is 3. The summed E-state index contributed by atoms with van der Waals surface area (Å²) in [5.74, 6) is -4.55. The van der Waals surface area contributed by atoms with Crippen molar-refractivity contribution in [1.29, 1.82) is 0 Å². The maximum Gasteiger partial charge on any atom is 0.471 e. The molecule has 0 bridgehead atoms. The second-order valence-electron chi connectivity index (χ2n) is 12.6. The van der Waals surface area contributed by atoms with E-state index in [-0.39, 0.29) is 36.1 Å². The van der Waals surface area contributed by atoms with Crippen molar-refractivity contribution < 1.29 is 41.9 Å². The third-order valence-corrected chi connectivity index (χ3v) is 9.21. The Bertz CT molecular complexity index is 1050. The van der Waals surface area contributed by atoms with Gasteiger partial charge in [0.2, 0.25) is 17.7 Å². The molecule has 3 rings (SSSR count). The van der Waals surface area contributed by atoms with Crippen LogP contribution < -0.4 is 16.0 Å². The van der Waals surface area contributed by atoms with Crippen molar-refractivity contribution in [2.24, 2.45) is 22.7 Å². The number of fused-ring (bicyclic) bond motifs is 1. The Morgan fingerprint density at radius 2 is 1.79 bits per heavy atom. The third kappa shape index (κ3) is 5.38. The normalized spacial score (nSPS) is 31.4. The van der Waals surface area contributed by atoms with Crippen molar-refractivity contribution in [1.82, 2.24) is 20.9 Å². The zero-order valence-corrected chi connectivity index (χ0v) is 23.5. The highest BCUT2D eigenvalue weighted by molar-refractivity contribution is 5.98. The molecular weight excluding hydrogens is 521 g/mol. The summed E-state index contributed by atoms with van der Waals surface area (Å²) in [6, 6.07) is -2.78. The van der Waals surface area contributed by atoms with E-state index in [2.05, 4.69) is 10.6 Å². The number of methoxy groups -OCH3 is 1. The first-order chi connectivity index (χ1) is 17.8. The lowest BCUT2D eigenvalue weighted by atomic mass is 9.76. The van der Waals surface area contributed by atoms with Crippen molar-refractivity contribution in [2.75, 3.05) is 20.2 Å². The van der Waals surface area contributed by atoms with Gasteiger partial charge in [-0.3, -0.25) is 19.2 Å². The van der Waals surface area contributed by atoms with Crippen LogP contribution in [0, 0.1) is 22.7 Å². The fourth-order valence-electron chi connectivity index (χ4n) is 6.49. The topological polar surface area (TPSA) is 134 Å². The molecule has 13 heteroatoms. The van der Waals surface area contributed by atoms with Gasteiger partial charge in [-0.15, -0.1) is 0 Å². The zero-order chi connectivity index (χ0) is 29.8. The highest BCUT2D eigenvalue weighted by Crippen LogP contribution is 2.68. The molecule has 3 aliphatic rings. The van der Waals surface area contributed by atoms with E-state index in [9.17, 15) is 37.1 Å². The molecule has 10 nitrogen and oxygen atoms in total. The summed E-state index contributed by atoms with van der Waals surface area (Å²) < 4.78 is 44.6. The summed E-state index contributed by atoms with van der Waals surface area (Å²) in [5, 5.41) is 7.23. The molecule has 0 aromatic carbocycles. The monoisotopic (exact) mass is 560 g/mol. The van der Waals surface area contributed by atoms with Crippen LogP contribution in [0.25, 0.3) is 0 Å². The Hall–Kier alpha value is -2.70. The van der Waals surface area contributed by atoms with Gasteiger partial charge in [0.25, 0.3) is 0 Å². The molecular formula is C26H39F3N4O6. The average molecular weight is 561 g/mol. The Balaban J connectivity index is 1.91. The first-order valence-corrected chi connectivity index (χ1v) is 13.1. The van der Waals surface area contributed by atoms with Gasteiger partial charge in [0.1, 0.15) is 17.9 Å². The minimum atomic E-state index is -5.24. The van der Waals surface area contributed by atoms with Crippen molar-refractivity contribution in [3.05, 3.63) is 0 Å². The molecule has 4 amide bonds. The summed E-state index contributed by atoms with van der Waals surface area (Å²) in [7, 11) is 1.20. The van der Waals surface area contributed by atoms with Crippen LogP contribution in [0.4, 0.5) is 13.2 Å². The van der Waals surface area contributed by atoms with Crippen LogP contribution in [-0.4, -0.2) is 84.4 Å². The van der Waals surface area contributed by atoms with Gasteiger partial charge in [0.05, 0.1) is 11.6 Å². The van der Waals surface area contributed by atoms with E-state index in [1.807, 2.05) is 13.8 Å². The highest BCUT2D eigenvalue weighted by atomic mass is 19.4. The van der Waals surface area contributed by atoms with Gasteiger partial charge in [0, 0.05) is 31.5 Å². The van der Waals surface area contributed by atoms with Gasteiger partial charge in [-0.05, 0) is 51.4 Å². The number of hydrogen-bond donors (Lipinski definition) is 3. The average Bonchev–Trinajstić information content (AvgIpc) is 3.21. The number of amides is 4. The van der Waals surface area contributed by atoms with Crippen LogP contribution in [0.3, 0.4) is 0 Å². The van der Waals surface area contributed by atoms with Gasteiger partial charge in [-0.2, -0.15) is 13.2 Å². The number of ether oxygens (including phenoxy) is 1. The minimum absolute atomic E-state index is 0.0521. The van der Waals surface area contributed by atoms with E-state index in [1.54, 1.807) is 12.2 Å². The maximum absolute atomic E-state index is 13.9. The molecule has 3 fully saturated rings. The number of nitrogens with zero attached hydrogens (tertiary/aromatic N) is 1. The van der Waals surface area contributed by atoms with Crippen LogP contribution >= 0.6 is 0 Å². The lowest BCUT2D eigenvalue weighted by molar-refractivity contribution is -0.178. The summed E-state index contributed by atoms with van der Waals surface area (Å²) in [6.07, 6.45) is -3.38. The maximum atomic E-state index is 13.9. The van der Waals surface area contributed by atoms with Gasteiger partial charge in [0.15, 0.2) is 0 Å². The predicted octanol–water partition coefficient (Wildman–Crippen LogP) is 1.32. The molecule has 2 saturated heterocycles. The highest BCUT2D eigenvalue weighted by Gasteiger charge is 2.75. The Labute approximate surface area is 226 Å². The molecule has 0 radical (unpaired) electrons. The number of piperidine rings is 2. The molecule has 4 unspecified atom stereocenters. The van der Waals surface area contributed by atoms with Crippen molar-refractivity contribution in [3.8, 4) is 0 Å². The largest absolute Gasteiger partial charge is 0.471 e. The first-order valence-electron chi connectivity index (χ1n) is 13.1. The quantitative estimate of drug-likeness (QED) is 0.365. The second-order valence-corrected chi connectivity index (χ2v) is 12.6. The van der Waals surface area contributed by atoms with Gasteiger partial charge < -0.3 is 30.4 Å². The summed E-state index contributed by atoms with van der Waals surface area (Å²) in [5.41, 5.74) is -4.31. The van der Waals surface area contributed by atoms with E-state index in [4.69, 9.17) is 4.74 Å². The molecule has 0 spiro atoms. The lowest BCUT2D eigenvalue weighted by Gasteiger charge is -2.44. The molecule has 2 aliphatic heterocycles. The number of nitrogens with one attached hydrogen (secondary N) is 3.